The highest BCUT2D eigenvalue weighted by molar-refractivity contribution is 5.93. The van der Waals surface area contributed by atoms with E-state index in [1.54, 1.807) is 12.3 Å². The van der Waals surface area contributed by atoms with Crippen molar-refractivity contribution in [2.24, 2.45) is 16.3 Å². The van der Waals surface area contributed by atoms with Crippen LogP contribution in [0.3, 0.4) is 0 Å². The van der Waals surface area contributed by atoms with Crippen molar-refractivity contribution < 1.29 is 9.59 Å². The van der Waals surface area contributed by atoms with Gasteiger partial charge in [0.05, 0.1) is 29.9 Å². The minimum atomic E-state index is -0.124. The number of unbranched alkanes of at least 4 members (excludes halogenated alkanes) is 1. The number of carbonyl (C=O) groups excluding carboxylic acids is 2. The fourth-order valence-corrected chi connectivity index (χ4v) is 2.90. The second-order valence-corrected chi connectivity index (χ2v) is 7.27. The van der Waals surface area contributed by atoms with Gasteiger partial charge in [0, 0.05) is 25.2 Å². The fourth-order valence-electron chi connectivity index (χ4n) is 2.90. The van der Waals surface area contributed by atoms with Gasteiger partial charge in [-0.3, -0.25) is 19.6 Å². The van der Waals surface area contributed by atoms with E-state index in [-0.39, 0.29) is 17.7 Å². The van der Waals surface area contributed by atoms with E-state index in [9.17, 15) is 9.59 Å². The molecule has 1 saturated carbocycles. The summed E-state index contributed by atoms with van der Waals surface area (Å²) in [6.45, 7) is 5.78. The molecule has 27 heavy (non-hydrogen) atoms. The Bertz CT molecular complexity index is 690. The van der Waals surface area contributed by atoms with Crippen molar-refractivity contribution in [3.05, 3.63) is 29.6 Å². The zero-order valence-electron chi connectivity index (χ0n) is 16.0. The van der Waals surface area contributed by atoms with Crippen LogP contribution in [0.2, 0.25) is 0 Å². The summed E-state index contributed by atoms with van der Waals surface area (Å²) < 4.78 is 0. The van der Waals surface area contributed by atoms with Crippen molar-refractivity contribution >= 4 is 11.8 Å². The Balaban J connectivity index is 1.31. The molecule has 2 unspecified atom stereocenters. The van der Waals surface area contributed by atoms with Crippen molar-refractivity contribution in [3.63, 3.8) is 0 Å². The standard InChI is InChI=1S/C19H28N6O2/c1-3-13(2)18(26)20-8-4-5-9-21-19(27)14-6-7-15(22-11-14)12-25-17-10-16(17)23-24-25/h6-7,11,13,16-17H,3-5,8-10,12H2,1-2H3,(H,20,26)(H,21,27)/t13?,16?,17-/m1/s1. The van der Waals surface area contributed by atoms with Gasteiger partial charge in [-0.1, -0.05) is 19.1 Å². The monoisotopic (exact) mass is 372 g/mol. The lowest BCUT2D eigenvalue weighted by atomic mass is 10.1. The molecule has 2 heterocycles. The number of fused-ring (bicyclic) bond motifs is 1. The number of hydrogen-bond donors (Lipinski definition) is 2. The highest BCUT2D eigenvalue weighted by Crippen LogP contribution is 2.37. The average molecular weight is 372 g/mol. The van der Waals surface area contributed by atoms with E-state index in [1.165, 1.54) is 0 Å². The number of rotatable bonds is 10. The summed E-state index contributed by atoms with van der Waals surface area (Å²) in [5.74, 6) is 0.0283. The van der Waals surface area contributed by atoms with Gasteiger partial charge in [0.2, 0.25) is 5.91 Å². The Morgan fingerprint density at radius 1 is 1.26 bits per heavy atom. The van der Waals surface area contributed by atoms with Crippen LogP contribution >= 0.6 is 0 Å². The molecule has 2 amide bonds. The van der Waals surface area contributed by atoms with Crippen molar-refractivity contribution in [1.29, 1.82) is 0 Å². The van der Waals surface area contributed by atoms with E-state index in [1.807, 2.05) is 24.9 Å². The lowest BCUT2D eigenvalue weighted by molar-refractivity contribution is -0.124. The molecule has 0 saturated heterocycles. The Morgan fingerprint density at radius 2 is 2.04 bits per heavy atom. The number of pyridine rings is 1. The van der Waals surface area contributed by atoms with E-state index < -0.39 is 0 Å². The first-order chi connectivity index (χ1) is 13.1. The smallest absolute Gasteiger partial charge is 0.252 e. The first-order valence-electron chi connectivity index (χ1n) is 9.76. The Morgan fingerprint density at radius 3 is 2.63 bits per heavy atom. The summed E-state index contributed by atoms with van der Waals surface area (Å²) in [4.78, 5) is 28.2. The van der Waals surface area contributed by atoms with Crippen molar-refractivity contribution in [1.82, 2.24) is 20.6 Å². The quantitative estimate of drug-likeness (QED) is 0.614. The van der Waals surface area contributed by atoms with Gasteiger partial charge >= 0.3 is 0 Å². The fraction of sp³-hybridized carbons (Fsp3) is 0.632. The number of carbonyl (C=O) groups is 2. The van der Waals surface area contributed by atoms with Crippen LogP contribution in [0.25, 0.3) is 0 Å². The van der Waals surface area contributed by atoms with E-state index >= 15 is 0 Å². The molecule has 1 aliphatic carbocycles. The van der Waals surface area contributed by atoms with Gasteiger partial charge in [0.1, 0.15) is 0 Å². The maximum Gasteiger partial charge on any atom is 0.252 e. The van der Waals surface area contributed by atoms with E-state index in [2.05, 4.69) is 26.0 Å². The Labute approximate surface area is 159 Å². The lowest BCUT2D eigenvalue weighted by Gasteiger charge is -2.13. The Kier molecular flexibility index (Phi) is 6.36. The molecule has 8 nitrogen and oxygen atoms in total. The van der Waals surface area contributed by atoms with Crippen LogP contribution in [0, 0.1) is 5.92 Å². The maximum absolute atomic E-state index is 12.2. The molecule has 0 bridgehead atoms. The van der Waals surface area contributed by atoms with Crippen LogP contribution in [-0.4, -0.2) is 47.0 Å². The summed E-state index contributed by atoms with van der Waals surface area (Å²) in [6, 6.07) is 4.50. The summed E-state index contributed by atoms with van der Waals surface area (Å²) >= 11 is 0. The maximum atomic E-state index is 12.2. The largest absolute Gasteiger partial charge is 0.356 e. The first-order valence-corrected chi connectivity index (χ1v) is 9.76. The molecule has 2 aliphatic rings. The highest BCUT2D eigenvalue weighted by atomic mass is 16.2. The molecule has 0 spiro atoms. The molecule has 146 valence electrons. The predicted molar refractivity (Wildman–Crippen MR) is 101 cm³/mol. The second-order valence-electron chi connectivity index (χ2n) is 7.27. The third-order valence-corrected chi connectivity index (χ3v) is 5.08. The van der Waals surface area contributed by atoms with Gasteiger partial charge < -0.3 is 10.6 Å². The number of nitrogens with zero attached hydrogens (tertiary/aromatic N) is 4. The molecule has 1 fully saturated rings. The molecule has 3 atom stereocenters. The third kappa shape index (κ3) is 5.24. The van der Waals surface area contributed by atoms with Gasteiger partial charge in [-0.15, -0.1) is 0 Å². The summed E-state index contributed by atoms with van der Waals surface area (Å²) in [5.41, 5.74) is 1.44. The normalized spacial score (nSPS) is 20.9. The molecular formula is C19H28N6O2. The van der Waals surface area contributed by atoms with Crippen LogP contribution in [-0.2, 0) is 11.3 Å². The van der Waals surface area contributed by atoms with Gasteiger partial charge in [-0.05, 0) is 37.8 Å². The number of hydrogen-bond acceptors (Lipinski definition) is 6. The summed E-state index contributed by atoms with van der Waals surface area (Å²) in [6.07, 6.45) is 5.20. The van der Waals surface area contributed by atoms with Crippen molar-refractivity contribution in [3.8, 4) is 0 Å². The molecular weight excluding hydrogens is 344 g/mol. The van der Waals surface area contributed by atoms with Crippen LogP contribution in [0.5, 0.6) is 0 Å². The van der Waals surface area contributed by atoms with Crippen LogP contribution < -0.4 is 10.6 Å². The topological polar surface area (TPSA) is 99.1 Å². The summed E-state index contributed by atoms with van der Waals surface area (Å²) in [7, 11) is 0. The van der Waals surface area contributed by atoms with Gasteiger partial charge in [-0.25, -0.2) is 0 Å². The molecule has 2 N–H and O–H groups in total. The molecule has 8 heteroatoms. The highest BCUT2D eigenvalue weighted by Gasteiger charge is 2.46. The number of aromatic nitrogens is 1. The van der Waals surface area contributed by atoms with Crippen LogP contribution in [0.1, 0.15) is 55.6 Å². The summed E-state index contributed by atoms with van der Waals surface area (Å²) in [5, 5.41) is 16.0. The predicted octanol–water partition coefficient (Wildman–Crippen LogP) is 2.08. The molecule has 1 aromatic heterocycles. The van der Waals surface area contributed by atoms with E-state index in [0.29, 0.717) is 37.3 Å². The molecule has 0 aromatic carbocycles. The number of amides is 2. The molecule has 1 aromatic rings. The number of nitrogens with one attached hydrogen (secondary N) is 2. The van der Waals surface area contributed by atoms with Gasteiger partial charge in [-0.2, -0.15) is 5.11 Å². The van der Waals surface area contributed by atoms with Gasteiger partial charge in [0.25, 0.3) is 5.91 Å². The lowest BCUT2D eigenvalue weighted by Crippen LogP contribution is -2.30. The van der Waals surface area contributed by atoms with Crippen molar-refractivity contribution in [2.45, 2.75) is 58.2 Å². The SMILES string of the molecule is CCC(C)C(=O)NCCCCNC(=O)c1ccc(CN2N=NC3C[C@H]32)nc1. The Hall–Kier alpha value is -2.51. The minimum absolute atomic E-state index is 0.0550. The third-order valence-electron chi connectivity index (χ3n) is 5.08. The van der Waals surface area contributed by atoms with Crippen LogP contribution in [0.15, 0.2) is 28.7 Å². The van der Waals surface area contributed by atoms with Crippen molar-refractivity contribution in [2.75, 3.05) is 13.1 Å². The zero-order chi connectivity index (χ0) is 19.2. The van der Waals surface area contributed by atoms with Gasteiger partial charge in [0.15, 0.2) is 0 Å². The zero-order valence-corrected chi connectivity index (χ0v) is 16.0. The average Bonchev–Trinajstić information content (AvgIpc) is 3.37. The molecule has 1 aliphatic heterocycles. The molecule has 0 radical (unpaired) electrons. The second kappa shape index (κ2) is 8.92. The van der Waals surface area contributed by atoms with E-state index in [4.69, 9.17) is 0 Å². The molecule has 3 rings (SSSR count). The van der Waals surface area contributed by atoms with Crippen LogP contribution in [0.4, 0.5) is 0 Å². The minimum Gasteiger partial charge on any atom is -0.356 e. The first kappa shape index (κ1) is 19.3. The van der Waals surface area contributed by atoms with E-state index in [0.717, 1.165) is 31.4 Å².